The maximum absolute atomic E-state index is 12.1. The second kappa shape index (κ2) is 6.30. The second-order valence-corrected chi connectivity index (χ2v) is 5.53. The zero-order valence-corrected chi connectivity index (χ0v) is 12.3. The molecule has 4 nitrogen and oxygen atoms in total. The van der Waals surface area contributed by atoms with Crippen LogP contribution in [0.4, 0.5) is 19.0 Å². The van der Waals surface area contributed by atoms with Crippen LogP contribution in [0.5, 0.6) is 5.75 Å². The summed E-state index contributed by atoms with van der Waals surface area (Å²) in [5, 5.41) is 0.937. The number of ether oxygens (including phenoxy) is 1. The summed E-state index contributed by atoms with van der Waals surface area (Å²) in [7, 11) is 1.81. The van der Waals surface area contributed by atoms with Crippen molar-refractivity contribution in [2.75, 3.05) is 11.9 Å². The molecule has 0 amide bonds. The van der Waals surface area contributed by atoms with Gasteiger partial charge in [0.15, 0.2) is 0 Å². The third-order valence-electron chi connectivity index (χ3n) is 2.67. The van der Waals surface area contributed by atoms with Crippen LogP contribution in [0.3, 0.4) is 0 Å². The summed E-state index contributed by atoms with van der Waals surface area (Å²) in [6.07, 6.45) is -0.879. The number of alkyl halides is 3. The lowest BCUT2D eigenvalue weighted by Crippen LogP contribution is -2.19. The van der Waals surface area contributed by atoms with Crippen LogP contribution in [0.15, 0.2) is 24.5 Å². The summed E-state index contributed by atoms with van der Waals surface area (Å²) in [5.41, 5.74) is 0. The Bertz CT molecular complexity index is 583. The smallest absolute Gasteiger partial charge is 0.404 e. The van der Waals surface area contributed by atoms with Gasteiger partial charge in [0.1, 0.15) is 16.6 Å². The molecule has 2 rings (SSSR count). The van der Waals surface area contributed by atoms with Gasteiger partial charge in [-0.3, -0.25) is 0 Å². The molecule has 0 aliphatic rings. The van der Waals surface area contributed by atoms with E-state index in [1.807, 2.05) is 11.1 Å². The Morgan fingerprint density at radius 1 is 1.24 bits per heavy atom. The second-order valence-electron chi connectivity index (χ2n) is 4.33. The summed E-state index contributed by atoms with van der Waals surface area (Å²) >= 11 is 1.61. The van der Waals surface area contributed by atoms with Crippen molar-refractivity contribution in [3.05, 3.63) is 34.4 Å². The van der Waals surface area contributed by atoms with E-state index < -0.39 is 6.36 Å². The monoisotopic (exact) mass is 317 g/mol. The fourth-order valence-electron chi connectivity index (χ4n) is 1.66. The summed E-state index contributed by atoms with van der Waals surface area (Å²) in [4.78, 5) is 11.3. The van der Waals surface area contributed by atoms with E-state index in [1.165, 1.54) is 17.0 Å². The van der Waals surface area contributed by atoms with Crippen LogP contribution in [0.1, 0.15) is 16.8 Å². The number of anilines is 1. The molecule has 0 fully saturated rings. The molecular formula is C13H14F3N3OS. The minimum Gasteiger partial charge on any atom is -0.404 e. The number of aromatic nitrogens is 2. The lowest BCUT2D eigenvalue weighted by atomic mass is 10.4. The number of aryl methyl sites for hydroxylation is 1. The molecule has 0 N–H and O–H groups in total. The SMILES string of the molecule is CCc1cnc(CN(C)c2ccc(OC(F)(F)F)cn2)s1. The van der Waals surface area contributed by atoms with Crippen LogP contribution < -0.4 is 9.64 Å². The van der Waals surface area contributed by atoms with E-state index >= 15 is 0 Å². The molecule has 2 aromatic heterocycles. The highest BCUT2D eigenvalue weighted by atomic mass is 32.1. The zero-order chi connectivity index (χ0) is 15.5. The van der Waals surface area contributed by atoms with E-state index in [1.54, 1.807) is 18.4 Å². The summed E-state index contributed by atoms with van der Waals surface area (Å²) in [6.45, 7) is 2.61. The van der Waals surface area contributed by atoms with Gasteiger partial charge in [-0.15, -0.1) is 24.5 Å². The average molecular weight is 317 g/mol. The fourth-order valence-corrected chi connectivity index (χ4v) is 2.58. The maximum atomic E-state index is 12.1. The highest BCUT2D eigenvalue weighted by Gasteiger charge is 2.31. The number of rotatable bonds is 5. The number of nitrogens with zero attached hydrogens (tertiary/aromatic N) is 3. The molecule has 2 aromatic rings. The molecule has 0 aliphatic carbocycles. The predicted octanol–water partition coefficient (Wildman–Crippen LogP) is 3.64. The van der Waals surface area contributed by atoms with Gasteiger partial charge in [-0.1, -0.05) is 6.92 Å². The Morgan fingerprint density at radius 2 is 2.00 bits per heavy atom. The van der Waals surface area contributed by atoms with Crippen LogP contribution in [0.25, 0.3) is 0 Å². The van der Waals surface area contributed by atoms with Gasteiger partial charge in [-0.25, -0.2) is 9.97 Å². The predicted molar refractivity (Wildman–Crippen MR) is 74.5 cm³/mol. The Labute approximate surface area is 124 Å². The van der Waals surface area contributed by atoms with E-state index in [-0.39, 0.29) is 5.75 Å². The van der Waals surface area contributed by atoms with Gasteiger partial charge < -0.3 is 9.64 Å². The topological polar surface area (TPSA) is 38.2 Å². The number of hydrogen-bond acceptors (Lipinski definition) is 5. The first-order valence-electron chi connectivity index (χ1n) is 6.24. The van der Waals surface area contributed by atoms with Gasteiger partial charge in [0.2, 0.25) is 0 Å². The van der Waals surface area contributed by atoms with E-state index in [2.05, 4.69) is 21.6 Å². The standard InChI is InChI=1S/C13H14F3N3OS/c1-3-10-7-18-12(21-10)8-19(2)11-5-4-9(6-17-11)20-13(14,15)16/h4-7H,3,8H2,1-2H3. The van der Waals surface area contributed by atoms with Crippen molar-refractivity contribution >= 4 is 17.2 Å². The van der Waals surface area contributed by atoms with Gasteiger partial charge in [-0.05, 0) is 18.6 Å². The summed E-state index contributed by atoms with van der Waals surface area (Å²) in [5.74, 6) is 0.222. The fraction of sp³-hybridized carbons (Fsp3) is 0.385. The lowest BCUT2D eigenvalue weighted by molar-refractivity contribution is -0.274. The summed E-state index contributed by atoms with van der Waals surface area (Å²) < 4.78 is 40.0. The highest BCUT2D eigenvalue weighted by molar-refractivity contribution is 7.11. The zero-order valence-electron chi connectivity index (χ0n) is 11.5. The Morgan fingerprint density at radius 3 is 2.52 bits per heavy atom. The molecule has 0 aromatic carbocycles. The molecule has 0 bridgehead atoms. The lowest BCUT2D eigenvalue weighted by Gasteiger charge is -2.17. The molecule has 0 unspecified atom stereocenters. The Balaban J connectivity index is 2.00. The minimum atomic E-state index is -4.70. The Kier molecular flexibility index (Phi) is 4.66. The first-order chi connectivity index (χ1) is 9.87. The van der Waals surface area contributed by atoms with Crippen molar-refractivity contribution in [2.45, 2.75) is 26.3 Å². The number of hydrogen-bond donors (Lipinski definition) is 0. The maximum Gasteiger partial charge on any atom is 0.573 e. The van der Waals surface area contributed by atoms with Crippen molar-refractivity contribution in [1.82, 2.24) is 9.97 Å². The van der Waals surface area contributed by atoms with Gasteiger partial charge in [0.05, 0.1) is 12.7 Å². The molecular weight excluding hydrogens is 303 g/mol. The first-order valence-corrected chi connectivity index (χ1v) is 7.05. The molecule has 114 valence electrons. The molecule has 0 aliphatic heterocycles. The van der Waals surface area contributed by atoms with Gasteiger partial charge >= 0.3 is 6.36 Å². The van der Waals surface area contributed by atoms with Crippen LogP contribution in [-0.4, -0.2) is 23.4 Å². The third-order valence-corrected chi connectivity index (χ3v) is 3.79. The van der Waals surface area contributed by atoms with E-state index in [9.17, 15) is 13.2 Å². The highest BCUT2D eigenvalue weighted by Crippen LogP contribution is 2.24. The molecule has 2 heterocycles. The Hall–Kier alpha value is -1.83. The van der Waals surface area contributed by atoms with Crippen molar-refractivity contribution in [1.29, 1.82) is 0 Å². The first kappa shape index (κ1) is 15.6. The van der Waals surface area contributed by atoms with Crippen LogP contribution >= 0.6 is 11.3 Å². The largest absolute Gasteiger partial charge is 0.573 e. The molecule has 0 saturated heterocycles. The molecule has 0 atom stereocenters. The van der Waals surface area contributed by atoms with Crippen molar-refractivity contribution in [2.24, 2.45) is 0 Å². The molecule has 0 saturated carbocycles. The van der Waals surface area contributed by atoms with Crippen molar-refractivity contribution in [3.8, 4) is 5.75 Å². The molecule has 0 radical (unpaired) electrons. The van der Waals surface area contributed by atoms with Gasteiger partial charge in [0, 0.05) is 18.1 Å². The number of pyridine rings is 1. The van der Waals surface area contributed by atoms with Crippen LogP contribution in [0.2, 0.25) is 0 Å². The van der Waals surface area contributed by atoms with Crippen molar-refractivity contribution in [3.63, 3.8) is 0 Å². The van der Waals surface area contributed by atoms with Crippen LogP contribution in [-0.2, 0) is 13.0 Å². The van der Waals surface area contributed by atoms with Crippen LogP contribution in [0, 0.1) is 0 Å². The van der Waals surface area contributed by atoms with Crippen molar-refractivity contribution < 1.29 is 17.9 Å². The third kappa shape index (κ3) is 4.59. The quantitative estimate of drug-likeness (QED) is 0.844. The van der Waals surface area contributed by atoms with Gasteiger partial charge in [0.25, 0.3) is 0 Å². The molecule has 21 heavy (non-hydrogen) atoms. The molecule has 8 heteroatoms. The number of halogens is 3. The van der Waals surface area contributed by atoms with E-state index in [0.717, 1.165) is 17.6 Å². The van der Waals surface area contributed by atoms with Gasteiger partial charge in [-0.2, -0.15) is 0 Å². The number of thiazole rings is 1. The van der Waals surface area contributed by atoms with E-state index in [0.29, 0.717) is 12.4 Å². The molecule has 0 spiro atoms. The average Bonchev–Trinajstić information content (AvgIpc) is 2.85. The normalized spacial score (nSPS) is 11.5. The van der Waals surface area contributed by atoms with E-state index in [4.69, 9.17) is 0 Å². The summed E-state index contributed by atoms with van der Waals surface area (Å²) in [6, 6.07) is 2.72. The minimum absolute atomic E-state index is 0.331.